The summed E-state index contributed by atoms with van der Waals surface area (Å²) in [4.78, 5) is 3.94. The van der Waals surface area contributed by atoms with Crippen LogP contribution in [0.3, 0.4) is 0 Å². The van der Waals surface area contributed by atoms with E-state index in [1.54, 1.807) is 0 Å². The number of hydrogen-bond donors (Lipinski definition) is 1. The molecule has 0 unspecified atom stereocenters. The maximum atomic E-state index is 13.3. The first kappa shape index (κ1) is 8.44. The van der Waals surface area contributed by atoms with Crippen molar-refractivity contribution in [2.45, 2.75) is 13.8 Å². The van der Waals surface area contributed by atoms with Gasteiger partial charge >= 0.3 is 0 Å². The highest BCUT2D eigenvalue weighted by Crippen LogP contribution is 2.30. The molecule has 2 rings (SSSR count). The molecule has 0 spiro atoms. The molecule has 2 aromatic rings. The van der Waals surface area contributed by atoms with Gasteiger partial charge in [0.2, 0.25) is 0 Å². The summed E-state index contributed by atoms with van der Waals surface area (Å²) in [6.07, 6.45) is 0. The number of nitrogens with two attached hydrogens (primary N) is 1. The van der Waals surface area contributed by atoms with Crippen molar-refractivity contribution in [2.75, 3.05) is 5.73 Å². The van der Waals surface area contributed by atoms with Crippen LogP contribution in [0.25, 0.3) is 10.2 Å². The second-order valence-corrected chi connectivity index (χ2v) is 4.06. The Balaban J connectivity index is 2.95. The second-order valence-electron chi connectivity index (χ2n) is 3.03. The zero-order chi connectivity index (χ0) is 9.59. The SMILES string of the molecule is Cc1cc(F)c2nc(N)sc2c1C. The van der Waals surface area contributed by atoms with Crippen LogP contribution in [0.5, 0.6) is 0 Å². The van der Waals surface area contributed by atoms with Crippen molar-refractivity contribution in [2.24, 2.45) is 0 Å². The van der Waals surface area contributed by atoms with Gasteiger partial charge in [-0.1, -0.05) is 11.3 Å². The Morgan fingerprint density at radius 3 is 2.85 bits per heavy atom. The summed E-state index contributed by atoms with van der Waals surface area (Å²) >= 11 is 1.33. The van der Waals surface area contributed by atoms with Gasteiger partial charge in [-0.2, -0.15) is 0 Å². The number of aryl methyl sites for hydroxylation is 2. The minimum Gasteiger partial charge on any atom is -0.375 e. The highest BCUT2D eigenvalue weighted by atomic mass is 32.1. The van der Waals surface area contributed by atoms with Crippen molar-refractivity contribution in [3.05, 3.63) is 23.0 Å². The third kappa shape index (κ3) is 1.18. The fraction of sp³-hybridized carbons (Fsp3) is 0.222. The Morgan fingerprint density at radius 1 is 1.46 bits per heavy atom. The number of rotatable bonds is 0. The van der Waals surface area contributed by atoms with E-state index in [9.17, 15) is 4.39 Å². The maximum Gasteiger partial charge on any atom is 0.181 e. The van der Waals surface area contributed by atoms with Crippen molar-refractivity contribution < 1.29 is 4.39 Å². The number of fused-ring (bicyclic) bond motifs is 1. The summed E-state index contributed by atoms with van der Waals surface area (Å²) in [5.74, 6) is -0.286. The minimum atomic E-state index is -0.286. The average Bonchev–Trinajstić information content (AvgIpc) is 2.44. The number of nitrogen functional groups attached to an aromatic ring is 1. The van der Waals surface area contributed by atoms with Crippen molar-refractivity contribution in [1.29, 1.82) is 0 Å². The van der Waals surface area contributed by atoms with Gasteiger partial charge in [0.25, 0.3) is 0 Å². The molecule has 1 aromatic carbocycles. The highest BCUT2D eigenvalue weighted by Gasteiger charge is 2.10. The number of thiazole rings is 1. The van der Waals surface area contributed by atoms with E-state index in [1.165, 1.54) is 17.4 Å². The van der Waals surface area contributed by atoms with Gasteiger partial charge in [-0.3, -0.25) is 0 Å². The van der Waals surface area contributed by atoms with Gasteiger partial charge in [0.15, 0.2) is 10.9 Å². The van der Waals surface area contributed by atoms with E-state index in [0.29, 0.717) is 10.6 Å². The van der Waals surface area contributed by atoms with Crippen LogP contribution in [0.1, 0.15) is 11.1 Å². The quantitative estimate of drug-likeness (QED) is 0.703. The Labute approximate surface area is 79.2 Å². The van der Waals surface area contributed by atoms with Gasteiger partial charge in [-0.15, -0.1) is 0 Å². The van der Waals surface area contributed by atoms with Crippen LogP contribution in [-0.2, 0) is 0 Å². The normalized spacial score (nSPS) is 11.0. The number of halogens is 1. The van der Waals surface area contributed by atoms with Crippen molar-refractivity contribution in [1.82, 2.24) is 4.98 Å². The van der Waals surface area contributed by atoms with Crippen molar-refractivity contribution >= 4 is 26.7 Å². The monoisotopic (exact) mass is 196 g/mol. The minimum absolute atomic E-state index is 0.286. The molecule has 2 nitrogen and oxygen atoms in total. The number of anilines is 1. The lowest BCUT2D eigenvalue weighted by Gasteiger charge is -2.00. The molecule has 0 atom stereocenters. The smallest absolute Gasteiger partial charge is 0.181 e. The molecule has 0 bridgehead atoms. The van der Waals surface area contributed by atoms with Crippen LogP contribution < -0.4 is 5.73 Å². The molecule has 0 aliphatic rings. The predicted octanol–water partition coefficient (Wildman–Crippen LogP) is 2.63. The molecule has 4 heteroatoms. The van der Waals surface area contributed by atoms with E-state index >= 15 is 0 Å². The molecule has 1 heterocycles. The highest BCUT2D eigenvalue weighted by molar-refractivity contribution is 7.22. The lowest BCUT2D eigenvalue weighted by atomic mass is 10.1. The average molecular weight is 196 g/mol. The van der Waals surface area contributed by atoms with Crippen LogP contribution in [0.2, 0.25) is 0 Å². The lowest BCUT2D eigenvalue weighted by Crippen LogP contribution is -1.86. The Hall–Kier alpha value is -1.16. The van der Waals surface area contributed by atoms with Crippen LogP contribution in [0, 0.1) is 19.7 Å². The van der Waals surface area contributed by atoms with E-state index in [-0.39, 0.29) is 5.82 Å². The third-order valence-electron chi connectivity index (χ3n) is 2.15. The summed E-state index contributed by atoms with van der Waals surface area (Å²) < 4.78 is 14.2. The molecular weight excluding hydrogens is 187 g/mol. The van der Waals surface area contributed by atoms with E-state index in [0.717, 1.165) is 15.8 Å². The lowest BCUT2D eigenvalue weighted by molar-refractivity contribution is 0.636. The molecule has 0 saturated carbocycles. The van der Waals surface area contributed by atoms with E-state index in [2.05, 4.69) is 4.98 Å². The van der Waals surface area contributed by atoms with Crippen LogP contribution >= 0.6 is 11.3 Å². The fourth-order valence-electron chi connectivity index (χ4n) is 1.30. The number of benzene rings is 1. The first-order chi connectivity index (χ1) is 6.09. The first-order valence-corrected chi connectivity index (χ1v) is 4.73. The predicted molar refractivity (Wildman–Crippen MR) is 53.5 cm³/mol. The molecule has 0 radical (unpaired) electrons. The van der Waals surface area contributed by atoms with Gasteiger partial charge in [0.05, 0.1) is 4.70 Å². The van der Waals surface area contributed by atoms with Crippen LogP contribution in [0.4, 0.5) is 9.52 Å². The zero-order valence-corrected chi connectivity index (χ0v) is 8.20. The topological polar surface area (TPSA) is 38.9 Å². The molecule has 0 fully saturated rings. The first-order valence-electron chi connectivity index (χ1n) is 3.91. The molecule has 0 saturated heterocycles. The summed E-state index contributed by atoms with van der Waals surface area (Å²) in [5.41, 5.74) is 7.91. The van der Waals surface area contributed by atoms with Gasteiger partial charge in [0.1, 0.15) is 5.52 Å². The van der Waals surface area contributed by atoms with Gasteiger partial charge in [0, 0.05) is 0 Å². The molecule has 1 aromatic heterocycles. The van der Waals surface area contributed by atoms with E-state index in [1.807, 2.05) is 13.8 Å². The Kier molecular flexibility index (Phi) is 1.73. The molecular formula is C9H9FN2S. The molecule has 2 N–H and O–H groups in total. The number of nitrogens with zero attached hydrogens (tertiary/aromatic N) is 1. The third-order valence-corrected chi connectivity index (χ3v) is 3.15. The Morgan fingerprint density at radius 2 is 2.15 bits per heavy atom. The van der Waals surface area contributed by atoms with Gasteiger partial charge in [-0.25, -0.2) is 9.37 Å². The summed E-state index contributed by atoms with van der Waals surface area (Å²) in [6.45, 7) is 3.84. The summed E-state index contributed by atoms with van der Waals surface area (Å²) in [5, 5.41) is 0.419. The Bertz CT molecular complexity index is 476. The molecule has 0 aliphatic heterocycles. The van der Waals surface area contributed by atoms with Crippen LogP contribution in [0.15, 0.2) is 6.07 Å². The zero-order valence-electron chi connectivity index (χ0n) is 7.39. The second kappa shape index (κ2) is 2.67. The van der Waals surface area contributed by atoms with Crippen LogP contribution in [-0.4, -0.2) is 4.98 Å². The number of hydrogen-bond acceptors (Lipinski definition) is 3. The molecule has 0 aliphatic carbocycles. The van der Waals surface area contributed by atoms with Crippen molar-refractivity contribution in [3.8, 4) is 0 Å². The summed E-state index contributed by atoms with van der Waals surface area (Å²) in [6, 6.07) is 1.50. The summed E-state index contributed by atoms with van der Waals surface area (Å²) in [7, 11) is 0. The largest absolute Gasteiger partial charge is 0.375 e. The van der Waals surface area contributed by atoms with Gasteiger partial charge < -0.3 is 5.73 Å². The van der Waals surface area contributed by atoms with Gasteiger partial charge in [-0.05, 0) is 31.0 Å². The molecule has 0 amide bonds. The molecule has 13 heavy (non-hydrogen) atoms. The van der Waals surface area contributed by atoms with E-state index < -0.39 is 0 Å². The standard InChI is InChI=1S/C9H9FN2S/c1-4-3-6(10)7-8(5(4)2)13-9(11)12-7/h3H,1-2H3,(H2,11,12). The fourth-order valence-corrected chi connectivity index (χ4v) is 2.20. The van der Waals surface area contributed by atoms with Crippen molar-refractivity contribution in [3.63, 3.8) is 0 Å². The maximum absolute atomic E-state index is 13.3. The van der Waals surface area contributed by atoms with E-state index in [4.69, 9.17) is 5.73 Å². The number of aromatic nitrogens is 1. The molecule has 68 valence electrons.